The van der Waals surface area contributed by atoms with Crippen molar-refractivity contribution in [2.45, 2.75) is 51.7 Å². The Morgan fingerprint density at radius 3 is 2.44 bits per heavy atom. The maximum absolute atomic E-state index is 11.6. The molecule has 0 spiro atoms. The van der Waals surface area contributed by atoms with Crippen LogP contribution < -0.4 is 5.32 Å². The van der Waals surface area contributed by atoms with E-state index in [4.69, 9.17) is 12.6 Å². The molecule has 0 heterocycles. The molecule has 0 aromatic heterocycles. The van der Waals surface area contributed by atoms with Crippen LogP contribution >= 0.6 is 0 Å². The maximum Gasteiger partial charge on any atom is 0.408 e. The summed E-state index contributed by atoms with van der Waals surface area (Å²) in [5.74, 6) is -0.644. The third kappa shape index (κ3) is 7.89. The molecule has 0 saturated heterocycles. The van der Waals surface area contributed by atoms with Crippen molar-refractivity contribution in [1.82, 2.24) is 5.32 Å². The average molecular weight is 263 g/mol. The van der Waals surface area contributed by atoms with E-state index in [9.17, 15) is 9.59 Å². The molecule has 0 rings (SSSR count). The summed E-state index contributed by atoms with van der Waals surface area (Å²) in [6.07, 6.45) is -0.540. The van der Waals surface area contributed by atoms with Crippen molar-refractivity contribution < 1.29 is 26.9 Å². The molecule has 0 saturated carbocycles. The predicted molar refractivity (Wildman–Crippen MR) is 66.1 cm³/mol. The van der Waals surface area contributed by atoms with E-state index in [2.05, 4.69) is 10.1 Å². The highest BCUT2D eigenvalue weighted by molar-refractivity contribution is 5.81. The van der Waals surface area contributed by atoms with Gasteiger partial charge in [-0.3, -0.25) is 0 Å². The van der Waals surface area contributed by atoms with Gasteiger partial charge in [0, 0.05) is 6.56 Å². The molecule has 0 radical (unpaired) electrons. The topological polar surface area (TPSA) is 84.9 Å². The number of aliphatic hydroxyl groups is 1. The van der Waals surface area contributed by atoms with Crippen LogP contribution in [-0.2, 0) is 14.3 Å². The molecular weight excluding hydrogens is 238 g/mol. The second kappa shape index (κ2) is 7.92. The van der Waals surface area contributed by atoms with Crippen molar-refractivity contribution in [3.8, 4) is 0 Å². The molecule has 0 aromatic rings. The molecule has 6 nitrogen and oxygen atoms in total. The molecule has 0 aliphatic carbocycles. The van der Waals surface area contributed by atoms with E-state index >= 15 is 0 Å². The Kier molecular flexibility index (Phi) is 5.78. The van der Waals surface area contributed by atoms with E-state index in [1.165, 1.54) is 7.11 Å². The van der Waals surface area contributed by atoms with E-state index in [-0.39, 0.29) is 19.3 Å². The highest BCUT2D eigenvalue weighted by Crippen LogP contribution is 2.08. The fraction of sp³-hybridized carbons (Fsp3) is 0.833. The van der Waals surface area contributed by atoms with Crippen molar-refractivity contribution in [1.29, 1.82) is 0 Å². The van der Waals surface area contributed by atoms with Gasteiger partial charge in [0.2, 0.25) is 0 Å². The predicted octanol–water partition coefficient (Wildman–Crippen LogP) is 1.22. The molecule has 0 aliphatic rings. The second-order valence-electron chi connectivity index (χ2n) is 4.77. The minimum absolute atomic E-state index is 0.142. The summed E-state index contributed by atoms with van der Waals surface area (Å²) in [5.41, 5.74) is -0.687. The fourth-order valence-electron chi connectivity index (χ4n) is 1.23. The lowest BCUT2D eigenvalue weighted by Gasteiger charge is -2.22. The summed E-state index contributed by atoms with van der Waals surface area (Å²) < 4.78 is 23.6. The number of nitrogens with one attached hydrogen (secondary N) is 1. The third-order valence-electron chi connectivity index (χ3n) is 1.96. The molecule has 2 N–H and O–H groups in total. The van der Waals surface area contributed by atoms with Crippen LogP contribution in [0.1, 0.15) is 42.8 Å². The lowest BCUT2D eigenvalue weighted by Crippen LogP contribution is -2.44. The molecule has 0 bridgehead atoms. The molecule has 0 unspecified atom stereocenters. The smallest absolute Gasteiger partial charge is 0.408 e. The molecule has 1 amide bonds. The molecule has 0 aromatic carbocycles. The number of methoxy groups -OCH3 is 1. The van der Waals surface area contributed by atoms with Gasteiger partial charge in [-0.25, -0.2) is 9.59 Å². The summed E-state index contributed by atoms with van der Waals surface area (Å²) in [6.45, 7) is 2.78. The Balaban J connectivity index is 4.43. The SMILES string of the molecule is [2H]C([2H])(O)CCC[C@H](NC(=O)OC(C)(C)C)C(=O)OC. The van der Waals surface area contributed by atoms with E-state index in [0.717, 1.165) is 0 Å². The highest BCUT2D eigenvalue weighted by Gasteiger charge is 2.24. The fourth-order valence-corrected chi connectivity index (χ4v) is 1.23. The van der Waals surface area contributed by atoms with Crippen molar-refractivity contribution in [2.24, 2.45) is 0 Å². The quantitative estimate of drug-likeness (QED) is 0.704. The lowest BCUT2D eigenvalue weighted by molar-refractivity contribution is -0.143. The number of carbonyl (C=O) groups excluding carboxylic acids is 2. The van der Waals surface area contributed by atoms with Gasteiger partial charge in [0.25, 0.3) is 0 Å². The van der Waals surface area contributed by atoms with Crippen molar-refractivity contribution >= 4 is 12.1 Å². The van der Waals surface area contributed by atoms with Gasteiger partial charge >= 0.3 is 12.1 Å². The van der Waals surface area contributed by atoms with Crippen LogP contribution in [-0.4, -0.2) is 42.5 Å². The summed E-state index contributed by atoms with van der Waals surface area (Å²) in [6, 6.07) is -0.933. The number of carbonyl (C=O) groups is 2. The maximum atomic E-state index is 11.6. The van der Waals surface area contributed by atoms with E-state index in [1.807, 2.05) is 0 Å². The van der Waals surface area contributed by atoms with Crippen molar-refractivity contribution in [3.63, 3.8) is 0 Å². The van der Waals surface area contributed by atoms with Crippen LogP contribution in [0.4, 0.5) is 4.79 Å². The van der Waals surface area contributed by atoms with Crippen LogP contribution in [0.5, 0.6) is 0 Å². The van der Waals surface area contributed by atoms with E-state index in [0.29, 0.717) is 0 Å². The van der Waals surface area contributed by atoms with Gasteiger partial charge in [0.15, 0.2) is 0 Å². The number of ether oxygens (including phenoxy) is 2. The summed E-state index contributed by atoms with van der Waals surface area (Å²) in [7, 11) is 1.19. The second-order valence-corrected chi connectivity index (χ2v) is 4.77. The Morgan fingerprint density at radius 1 is 1.39 bits per heavy atom. The molecule has 6 heteroatoms. The normalized spacial score (nSPS) is 15.2. The number of esters is 1. The first-order valence-corrected chi connectivity index (χ1v) is 5.74. The molecular formula is C12H23NO5. The molecule has 0 aliphatic heterocycles. The van der Waals surface area contributed by atoms with Crippen molar-refractivity contribution in [3.05, 3.63) is 0 Å². The Morgan fingerprint density at radius 2 is 2.00 bits per heavy atom. The zero-order valence-electron chi connectivity index (χ0n) is 13.3. The van der Waals surface area contributed by atoms with Crippen LogP contribution in [0.15, 0.2) is 0 Å². The Hall–Kier alpha value is -1.30. The summed E-state index contributed by atoms with van der Waals surface area (Å²) in [4.78, 5) is 23.1. The third-order valence-corrected chi connectivity index (χ3v) is 1.96. The van der Waals surface area contributed by atoms with Gasteiger partial charge in [-0.2, -0.15) is 0 Å². The number of amides is 1. The van der Waals surface area contributed by atoms with Crippen LogP contribution in [0.3, 0.4) is 0 Å². The summed E-state index contributed by atoms with van der Waals surface area (Å²) in [5, 5.41) is 11.3. The molecule has 1 atom stereocenters. The van der Waals surface area contributed by atoms with Gasteiger partial charge in [0.1, 0.15) is 11.6 Å². The number of hydrogen-bond acceptors (Lipinski definition) is 5. The van der Waals surface area contributed by atoms with Gasteiger partial charge in [-0.05, 0) is 40.0 Å². The summed E-state index contributed by atoms with van der Waals surface area (Å²) >= 11 is 0. The first kappa shape index (κ1) is 13.1. The number of alkyl carbamates (subject to hydrolysis) is 1. The first-order valence-electron chi connectivity index (χ1n) is 6.74. The molecule has 18 heavy (non-hydrogen) atoms. The first-order chi connectivity index (χ1) is 8.94. The van der Waals surface area contributed by atoms with Gasteiger partial charge in [-0.15, -0.1) is 0 Å². The van der Waals surface area contributed by atoms with Crippen LogP contribution in [0, 0.1) is 0 Å². The number of rotatable bonds is 6. The van der Waals surface area contributed by atoms with Gasteiger partial charge in [-0.1, -0.05) is 0 Å². The minimum Gasteiger partial charge on any atom is -0.467 e. The largest absolute Gasteiger partial charge is 0.467 e. The molecule has 0 fully saturated rings. The van der Waals surface area contributed by atoms with E-state index in [1.54, 1.807) is 20.8 Å². The van der Waals surface area contributed by atoms with Crippen LogP contribution in [0.25, 0.3) is 0 Å². The minimum atomic E-state index is -2.30. The zero-order valence-corrected chi connectivity index (χ0v) is 11.3. The zero-order chi connectivity index (χ0) is 16.0. The average Bonchev–Trinajstić information content (AvgIpc) is 2.22. The lowest BCUT2D eigenvalue weighted by atomic mass is 10.1. The monoisotopic (exact) mass is 263 g/mol. The Bertz CT molecular complexity index is 336. The van der Waals surface area contributed by atoms with Crippen LogP contribution in [0.2, 0.25) is 0 Å². The standard InChI is InChI=1S/C12H23NO5/c1-12(2,3)18-11(16)13-9(10(15)17-4)7-5-6-8-14/h9,14H,5-8H2,1-4H3,(H,13,16)/t9-/m0/s1/i8D2. The number of hydrogen-bond donors (Lipinski definition) is 2. The van der Waals surface area contributed by atoms with Gasteiger partial charge < -0.3 is 19.9 Å². The van der Waals surface area contributed by atoms with E-state index < -0.39 is 30.3 Å². The molecule has 106 valence electrons. The van der Waals surface area contributed by atoms with Crippen molar-refractivity contribution in [2.75, 3.05) is 13.7 Å². The van der Waals surface area contributed by atoms with Gasteiger partial charge in [0.05, 0.1) is 9.85 Å². The highest BCUT2D eigenvalue weighted by atomic mass is 16.6. The Labute approximate surface area is 110 Å².